The molecule has 0 bridgehead atoms. The standard InChI is InChI=1S/C36H37N5OS/c1-6-32(41(5)7-2)36(42,27-18-16-24(3)17-19-27)28-20-21-31-30(23-28)33(26-13-11-12-25(4)22-26)39-34(38-31)40-35(43)37-29-14-9-8-10-15-29/h6-7,9,11-23,42H,2,8,10H2,1,3-5H3,(H2,37,38,39,40,43)/b32-6-. The topological polar surface area (TPSA) is 73.3 Å². The Kier molecular flexibility index (Phi) is 8.85. The molecule has 0 amide bonds. The first-order valence-corrected chi connectivity index (χ1v) is 14.8. The predicted molar refractivity (Wildman–Crippen MR) is 181 cm³/mol. The number of hydrogen-bond donors (Lipinski definition) is 3. The van der Waals surface area contributed by atoms with Crippen LogP contribution in [-0.4, -0.2) is 32.1 Å². The first kappa shape index (κ1) is 29.9. The van der Waals surface area contributed by atoms with Crippen LogP contribution in [0, 0.1) is 13.8 Å². The molecule has 1 aromatic heterocycles. The molecule has 0 aliphatic heterocycles. The number of aliphatic hydroxyl groups is 1. The summed E-state index contributed by atoms with van der Waals surface area (Å²) in [6.07, 6.45) is 11.9. The molecule has 1 heterocycles. The van der Waals surface area contributed by atoms with Crippen LogP contribution < -0.4 is 10.6 Å². The van der Waals surface area contributed by atoms with Gasteiger partial charge in [0.05, 0.1) is 16.9 Å². The SMILES string of the molecule is C=CN(C)/C(=C\C)C(O)(c1ccc(C)cc1)c1ccc2nc(NC(=S)NC3=CCCC=C3)nc(-c3cccc(C)c3)c2c1. The molecule has 218 valence electrons. The number of anilines is 1. The third-order valence-electron chi connectivity index (χ3n) is 7.65. The highest BCUT2D eigenvalue weighted by molar-refractivity contribution is 7.80. The zero-order valence-electron chi connectivity index (χ0n) is 25.1. The summed E-state index contributed by atoms with van der Waals surface area (Å²) in [6.45, 7) is 9.96. The fraction of sp³-hybridized carbons (Fsp3) is 0.194. The van der Waals surface area contributed by atoms with E-state index in [-0.39, 0.29) is 0 Å². The lowest BCUT2D eigenvalue weighted by Crippen LogP contribution is -2.36. The number of nitrogens with one attached hydrogen (secondary N) is 2. The molecule has 3 N–H and O–H groups in total. The third-order valence-corrected chi connectivity index (χ3v) is 7.85. The molecule has 0 radical (unpaired) electrons. The summed E-state index contributed by atoms with van der Waals surface area (Å²) in [5.74, 6) is 0.393. The van der Waals surface area contributed by atoms with E-state index in [1.54, 1.807) is 6.20 Å². The predicted octanol–water partition coefficient (Wildman–Crippen LogP) is 7.65. The molecule has 3 aromatic carbocycles. The van der Waals surface area contributed by atoms with E-state index in [1.807, 2.05) is 92.5 Å². The van der Waals surface area contributed by atoms with Crippen molar-refractivity contribution < 1.29 is 5.11 Å². The van der Waals surface area contributed by atoms with Gasteiger partial charge in [0.2, 0.25) is 5.95 Å². The van der Waals surface area contributed by atoms with Crippen LogP contribution in [0.3, 0.4) is 0 Å². The van der Waals surface area contributed by atoms with Crippen molar-refractivity contribution in [3.63, 3.8) is 0 Å². The van der Waals surface area contributed by atoms with E-state index in [4.69, 9.17) is 22.2 Å². The van der Waals surface area contributed by atoms with Crippen LogP contribution in [0.4, 0.5) is 5.95 Å². The highest BCUT2D eigenvalue weighted by Gasteiger charge is 2.37. The van der Waals surface area contributed by atoms with Crippen molar-refractivity contribution >= 4 is 34.2 Å². The Labute approximate surface area is 259 Å². The third kappa shape index (κ3) is 6.28. The van der Waals surface area contributed by atoms with Crippen LogP contribution in [0.5, 0.6) is 0 Å². The number of nitrogens with zero attached hydrogens (tertiary/aromatic N) is 3. The second-order valence-electron chi connectivity index (χ2n) is 10.8. The molecule has 43 heavy (non-hydrogen) atoms. The highest BCUT2D eigenvalue weighted by atomic mass is 32.1. The monoisotopic (exact) mass is 587 g/mol. The molecule has 0 fully saturated rings. The number of fused-ring (bicyclic) bond motifs is 1. The lowest BCUT2D eigenvalue weighted by Gasteiger charge is -2.36. The van der Waals surface area contributed by atoms with Crippen molar-refractivity contribution in [3.05, 3.63) is 137 Å². The Hall–Kier alpha value is -4.59. The molecular formula is C36H37N5OS. The summed E-state index contributed by atoms with van der Waals surface area (Å²) in [6, 6.07) is 22.0. The number of aromatic nitrogens is 2. The molecule has 1 aliphatic carbocycles. The van der Waals surface area contributed by atoms with Gasteiger partial charge in [-0.15, -0.1) is 0 Å². The van der Waals surface area contributed by atoms with Gasteiger partial charge in [0.25, 0.3) is 0 Å². The summed E-state index contributed by atoms with van der Waals surface area (Å²) in [7, 11) is 1.89. The van der Waals surface area contributed by atoms with Crippen molar-refractivity contribution in [2.75, 3.05) is 12.4 Å². The Morgan fingerprint density at radius 3 is 2.42 bits per heavy atom. The van der Waals surface area contributed by atoms with Crippen LogP contribution in [-0.2, 0) is 5.60 Å². The van der Waals surface area contributed by atoms with Gasteiger partial charge < -0.3 is 20.6 Å². The van der Waals surface area contributed by atoms with Crippen LogP contribution in [0.1, 0.15) is 42.0 Å². The zero-order chi connectivity index (χ0) is 30.6. The fourth-order valence-corrected chi connectivity index (χ4v) is 5.62. The maximum absolute atomic E-state index is 12.7. The summed E-state index contributed by atoms with van der Waals surface area (Å²) in [5, 5.41) is 20.3. The number of benzene rings is 3. The van der Waals surface area contributed by atoms with Gasteiger partial charge in [-0.25, -0.2) is 9.97 Å². The number of hydrogen-bond acceptors (Lipinski definition) is 5. The molecule has 0 saturated heterocycles. The van der Waals surface area contributed by atoms with Crippen molar-refractivity contribution in [2.24, 2.45) is 0 Å². The van der Waals surface area contributed by atoms with E-state index in [9.17, 15) is 5.11 Å². The van der Waals surface area contributed by atoms with Crippen molar-refractivity contribution in [3.8, 4) is 11.3 Å². The minimum absolute atomic E-state index is 0.393. The molecule has 1 aliphatic rings. The van der Waals surface area contributed by atoms with Crippen LogP contribution >= 0.6 is 12.2 Å². The van der Waals surface area contributed by atoms with E-state index >= 15 is 0 Å². The largest absolute Gasteiger partial charge is 0.375 e. The summed E-state index contributed by atoms with van der Waals surface area (Å²) < 4.78 is 0. The second-order valence-corrected chi connectivity index (χ2v) is 11.2. The first-order valence-electron chi connectivity index (χ1n) is 14.4. The zero-order valence-corrected chi connectivity index (χ0v) is 25.9. The van der Waals surface area contributed by atoms with Crippen LogP contribution in [0.25, 0.3) is 22.2 Å². The molecule has 0 saturated carbocycles. The molecule has 5 rings (SSSR count). The van der Waals surface area contributed by atoms with Gasteiger partial charge in [-0.2, -0.15) is 0 Å². The molecule has 7 heteroatoms. The smallest absolute Gasteiger partial charge is 0.230 e. The molecule has 6 nitrogen and oxygen atoms in total. The second kappa shape index (κ2) is 12.7. The van der Waals surface area contributed by atoms with E-state index in [0.29, 0.717) is 22.3 Å². The average molecular weight is 588 g/mol. The van der Waals surface area contributed by atoms with Gasteiger partial charge in [-0.05, 0) is 87.4 Å². The summed E-state index contributed by atoms with van der Waals surface area (Å²) in [4.78, 5) is 11.6. The Bertz CT molecular complexity index is 1770. The van der Waals surface area contributed by atoms with Gasteiger partial charge in [-0.1, -0.05) is 84.5 Å². The first-order chi connectivity index (χ1) is 20.7. The fourth-order valence-electron chi connectivity index (χ4n) is 5.42. The van der Waals surface area contributed by atoms with Gasteiger partial charge in [0, 0.05) is 23.7 Å². The quantitative estimate of drug-likeness (QED) is 0.183. The number of aryl methyl sites for hydroxylation is 2. The van der Waals surface area contributed by atoms with Crippen LogP contribution in [0.15, 0.2) is 115 Å². The van der Waals surface area contributed by atoms with E-state index in [2.05, 4.69) is 48.4 Å². The van der Waals surface area contributed by atoms with Gasteiger partial charge in [0.15, 0.2) is 10.7 Å². The molecular weight excluding hydrogens is 550 g/mol. The van der Waals surface area contributed by atoms with Crippen LogP contribution in [0.2, 0.25) is 0 Å². The number of likely N-dealkylation sites (N-methyl/N-ethyl adjacent to an activating group) is 1. The van der Waals surface area contributed by atoms with Gasteiger partial charge >= 0.3 is 0 Å². The van der Waals surface area contributed by atoms with Crippen molar-refractivity contribution in [1.29, 1.82) is 0 Å². The highest BCUT2D eigenvalue weighted by Crippen LogP contribution is 2.40. The maximum Gasteiger partial charge on any atom is 0.230 e. The number of thiocarbonyl (C=S) groups is 1. The van der Waals surface area contributed by atoms with Crippen molar-refractivity contribution in [2.45, 2.75) is 39.2 Å². The Morgan fingerprint density at radius 2 is 1.74 bits per heavy atom. The van der Waals surface area contributed by atoms with E-state index in [1.165, 1.54) is 0 Å². The minimum Gasteiger partial charge on any atom is -0.375 e. The normalized spacial score (nSPS) is 14.5. The molecule has 0 spiro atoms. The lowest BCUT2D eigenvalue weighted by molar-refractivity contribution is 0.0969. The van der Waals surface area contributed by atoms with E-state index in [0.717, 1.165) is 57.4 Å². The number of allylic oxidation sites excluding steroid dienone is 4. The summed E-state index contributed by atoms with van der Waals surface area (Å²) >= 11 is 5.60. The van der Waals surface area contributed by atoms with Crippen molar-refractivity contribution in [1.82, 2.24) is 20.2 Å². The Balaban J connectivity index is 1.67. The average Bonchev–Trinajstić information content (AvgIpc) is 3.01. The number of rotatable bonds is 8. The molecule has 4 aromatic rings. The lowest BCUT2D eigenvalue weighted by atomic mass is 9.81. The summed E-state index contributed by atoms with van der Waals surface area (Å²) in [5.41, 5.74) is 6.24. The van der Waals surface area contributed by atoms with Gasteiger partial charge in [-0.3, -0.25) is 0 Å². The molecule has 1 unspecified atom stereocenters. The van der Waals surface area contributed by atoms with E-state index < -0.39 is 5.60 Å². The minimum atomic E-state index is -1.47. The maximum atomic E-state index is 12.7. The Morgan fingerprint density at radius 1 is 0.977 bits per heavy atom. The molecule has 1 atom stereocenters. The van der Waals surface area contributed by atoms with Gasteiger partial charge in [0.1, 0.15) is 0 Å².